The van der Waals surface area contributed by atoms with Gasteiger partial charge in [0.2, 0.25) is 0 Å². The van der Waals surface area contributed by atoms with Crippen molar-refractivity contribution in [3.8, 4) is 17.2 Å². The minimum Gasteiger partial charge on any atom is -0.493 e. The Bertz CT molecular complexity index is 784. The number of carboxylic acids is 1. The number of likely N-dealkylation sites (tertiary alicyclic amines) is 1. The lowest BCUT2D eigenvalue weighted by molar-refractivity contribution is -0.144. The predicted molar refractivity (Wildman–Crippen MR) is 102 cm³/mol. The molecule has 1 saturated heterocycles. The zero-order valence-electron chi connectivity index (χ0n) is 15.8. The van der Waals surface area contributed by atoms with E-state index in [0.29, 0.717) is 18.0 Å². The second-order valence-electron chi connectivity index (χ2n) is 6.79. The molecule has 0 bridgehead atoms. The van der Waals surface area contributed by atoms with Crippen LogP contribution < -0.4 is 14.2 Å². The number of aliphatic carboxylic acids is 1. The number of hydrogen-bond acceptors (Lipinski definition) is 5. The van der Waals surface area contributed by atoms with E-state index in [1.165, 1.54) is 12.5 Å². The molecule has 0 spiro atoms. The lowest BCUT2D eigenvalue weighted by Gasteiger charge is -2.39. The smallest absolute Gasteiger partial charge is 0.344 e. The highest BCUT2D eigenvalue weighted by molar-refractivity contribution is 5.72. The van der Waals surface area contributed by atoms with Gasteiger partial charge >= 0.3 is 5.97 Å². The van der Waals surface area contributed by atoms with Gasteiger partial charge in [-0.05, 0) is 32.0 Å². The summed E-state index contributed by atoms with van der Waals surface area (Å²) in [5.41, 5.74) is 2.11. The minimum absolute atomic E-state index is 0.153. The maximum absolute atomic E-state index is 11.1. The van der Waals surface area contributed by atoms with E-state index in [9.17, 15) is 4.79 Å². The van der Waals surface area contributed by atoms with Gasteiger partial charge in [-0.2, -0.15) is 0 Å². The van der Waals surface area contributed by atoms with Crippen LogP contribution >= 0.6 is 0 Å². The Hall–Kier alpha value is -2.73. The molecular weight excluding hydrogens is 346 g/mol. The normalized spacial score (nSPS) is 15.7. The van der Waals surface area contributed by atoms with Gasteiger partial charge in [-0.3, -0.25) is 4.90 Å². The third-order valence-electron chi connectivity index (χ3n) is 4.56. The molecule has 27 heavy (non-hydrogen) atoms. The van der Waals surface area contributed by atoms with Crippen LogP contribution in [-0.2, 0) is 11.3 Å². The Morgan fingerprint density at radius 2 is 1.93 bits per heavy atom. The summed E-state index contributed by atoms with van der Waals surface area (Å²) in [4.78, 5) is 13.4. The quantitative estimate of drug-likeness (QED) is 0.769. The molecule has 1 fully saturated rings. The van der Waals surface area contributed by atoms with Crippen LogP contribution in [0.15, 0.2) is 42.5 Å². The first kappa shape index (κ1) is 19.0. The Morgan fingerprint density at radius 1 is 1.22 bits per heavy atom. The van der Waals surface area contributed by atoms with Crippen molar-refractivity contribution >= 4 is 5.97 Å². The zero-order valence-corrected chi connectivity index (χ0v) is 15.8. The van der Waals surface area contributed by atoms with Crippen LogP contribution in [-0.4, -0.2) is 48.4 Å². The highest BCUT2D eigenvalue weighted by Crippen LogP contribution is 2.34. The molecule has 0 amide bonds. The van der Waals surface area contributed by atoms with Gasteiger partial charge in [-0.25, -0.2) is 4.79 Å². The lowest BCUT2D eigenvalue weighted by Crippen LogP contribution is -2.53. The molecule has 0 saturated carbocycles. The SMILES string of the molecule is COc1cccc(CN2CC(Oc3ccc(C)cc3)C2)c1OC(C)C(=O)O. The molecule has 0 aromatic heterocycles. The van der Waals surface area contributed by atoms with Crippen LogP contribution in [0.5, 0.6) is 17.2 Å². The topological polar surface area (TPSA) is 68.2 Å². The van der Waals surface area contributed by atoms with Crippen LogP contribution in [0.4, 0.5) is 0 Å². The molecule has 0 radical (unpaired) electrons. The van der Waals surface area contributed by atoms with E-state index in [0.717, 1.165) is 24.4 Å². The number of carboxylic acid groups (broad SMARTS) is 1. The van der Waals surface area contributed by atoms with Crippen molar-refractivity contribution in [3.05, 3.63) is 53.6 Å². The van der Waals surface area contributed by atoms with Crippen molar-refractivity contribution in [2.24, 2.45) is 0 Å². The van der Waals surface area contributed by atoms with Crippen LogP contribution in [0.3, 0.4) is 0 Å². The lowest BCUT2D eigenvalue weighted by atomic mass is 10.1. The molecule has 1 aliphatic rings. The molecule has 1 atom stereocenters. The van der Waals surface area contributed by atoms with Crippen LogP contribution in [0.25, 0.3) is 0 Å². The van der Waals surface area contributed by atoms with Crippen molar-refractivity contribution in [3.63, 3.8) is 0 Å². The van der Waals surface area contributed by atoms with Gasteiger partial charge in [0.05, 0.1) is 7.11 Å². The van der Waals surface area contributed by atoms with E-state index in [1.54, 1.807) is 13.2 Å². The number of para-hydroxylation sites is 1. The first-order chi connectivity index (χ1) is 13.0. The van der Waals surface area contributed by atoms with Gasteiger partial charge in [0, 0.05) is 25.2 Å². The second-order valence-corrected chi connectivity index (χ2v) is 6.79. The van der Waals surface area contributed by atoms with Gasteiger partial charge in [0.25, 0.3) is 0 Å². The van der Waals surface area contributed by atoms with E-state index >= 15 is 0 Å². The average Bonchev–Trinajstić information content (AvgIpc) is 2.62. The van der Waals surface area contributed by atoms with Gasteiger partial charge in [0.15, 0.2) is 17.6 Å². The summed E-state index contributed by atoms with van der Waals surface area (Å²) < 4.78 is 17.0. The maximum atomic E-state index is 11.1. The third kappa shape index (κ3) is 4.71. The van der Waals surface area contributed by atoms with Gasteiger partial charge < -0.3 is 19.3 Å². The fourth-order valence-electron chi connectivity index (χ4n) is 2.98. The highest BCUT2D eigenvalue weighted by atomic mass is 16.5. The summed E-state index contributed by atoms with van der Waals surface area (Å²) in [6.45, 7) is 5.81. The number of methoxy groups -OCH3 is 1. The maximum Gasteiger partial charge on any atom is 0.344 e. The summed E-state index contributed by atoms with van der Waals surface area (Å²) in [7, 11) is 1.55. The average molecular weight is 371 g/mol. The monoisotopic (exact) mass is 371 g/mol. The Labute approximate surface area is 159 Å². The van der Waals surface area contributed by atoms with E-state index in [1.807, 2.05) is 43.3 Å². The predicted octanol–water partition coefficient (Wildman–Crippen LogP) is 3.12. The summed E-state index contributed by atoms with van der Waals surface area (Å²) in [6, 6.07) is 13.6. The van der Waals surface area contributed by atoms with E-state index in [-0.39, 0.29) is 6.10 Å². The molecule has 1 aliphatic heterocycles. The molecule has 1 heterocycles. The fraction of sp³-hybridized carbons (Fsp3) is 0.381. The molecule has 1 N–H and O–H groups in total. The second kappa shape index (κ2) is 8.31. The largest absolute Gasteiger partial charge is 0.493 e. The summed E-state index contributed by atoms with van der Waals surface area (Å²) in [6.07, 6.45) is -0.797. The number of benzene rings is 2. The molecule has 2 aromatic carbocycles. The number of aryl methyl sites for hydroxylation is 1. The van der Waals surface area contributed by atoms with Gasteiger partial charge in [0.1, 0.15) is 11.9 Å². The van der Waals surface area contributed by atoms with Crippen LogP contribution in [0.1, 0.15) is 18.1 Å². The summed E-state index contributed by atoms with van der Waals surface area (Å²) >= 11 is 0. The first-order valence-corrected chi connectivity index (χ1v) is 8.97. The standard InChI is InChI=1S/C21H25NO5/c1-14-7-9-17(10-8-14)27-18-12-22(13-18)11-16-5-4-6-19(25-3)20(16)26-15(2)21(23)24/h4-10,15,18H,11-13H2,1-3H3,(H,23,24). The number of hydrogen-bond donors (Lipinski definition) is 1. The van der Waals surface area contributed by atoms with E-state index < -0.39 is 12.1 Å². The van der Waals surface area contributed by atoms with Crippen LogP contribution in [0, 0.1) is 6.92 Å². The Morgan fingerprint density at radius 3 is 2.56 bits per heavy atom. The highest BCUT2D eigenvalue weighted by Gasteiger charge is 2.30. The van der Waals surface area contributed by atoms with Gasteiger partial charge in [-0.15, -0.1) is 0 Å². The molecule has 144 valence electrons. The van der Waals surface area contributed by atoms with E-state index in [4.69, 9.17) is 19.3 Å². The Kier molecular flexibility index (Phi) is 5.86. The number of carbonyl (C=O) groups is 1. The molecule has 6 nitrogen and oxygen atoms in total. The molecule has 0 aliphatic carbocycles. The van der Waals surface area contributed by atoms with Crippen molar-refractivity contribution in [2.45, 2.75) is 32.6 Å². The summed E-state index contributed by atoms with van der Waals surface area (Å²) in [5, 5.41) is 9.14. The minimum atomic E-state index is -1.01. The van der Waals surface area contributed by atoms with Gasteiger partial charge in [-0.1, -0.05) is 29.8 Å². The van der Waals surface area contributed by atoms with Crippen molar-refractivity contribution in [1.29, 1.82) is 0 Å². The molecule has 2 aromatic rings. The first-order valence-electron chi connectivity index (χ1n) is 8.97. The van der Waals surface area contributed by atoms with Crippen molar-refractivity contribution in [1.82, 2.24) is 4.90 Å². The molecule has 1 unspecified atom stereocenters. The number of nitrogens with zero attached hydrogens (tertiary/aromatic N) is 1. The molecule has 6 heteroatoms. The summed E-state index contributed by atoms with van der Waals surface area (Å²) in [5.74, 6) is 0.889. The van der Waals surface area contributed by atoms with Crippen LogP contribution in [0.2, 0.25) is 0 Å². The Balaban J connectivity index is 1.61. The fourth-order valence-corrected chi connectivity index (χ4v) is 2.98. The molecule has 3 rings (SSSR count). The zero-order chi connectivity index (χ0) is 19.4. The molecular formula is C21H25NO5. The van der Waals surface area contributed by atoms with Crippen molar-refractivity contribution < 1.29 is 24.1 Å². The number of ether oxygens (including phenoxy) is 3. The third-order valence-corrected chi connectivity index (χ3v) is 4.56. The van der Waals surface area contributed by atoms with Crippen molar-refractivity contribution in [2.75, 3.05) is 20.2 Å². The van der Waals surface area contributed by atoms with E-state index in [2.05, 4.69) is 4.90 Å². The number of rotatable bonds is 8.